The fourth-order valence-corrected chi connectivity index (χ4v) is 3.73. The van der Waals surface area contributed by atoms with Crippen LogP contribution in [-0.4, -0.2) is 43.9 Å². The second kappa shape index (κ2) is 10.2. The topological polar surface area (TPSA) is 84.9 Å². The molecule has 0 aromatic heterocycles. The van der Waals surface area contributed by atoms with Gasteiger partial charge in [-0.15, -0.1) is 0 Å². The van der Waals surface area contributed by atoms with Gasteiger partial charge in [-0.05, 0) is 61.6 Å². The van der Waals surface area contributed by atoms with Crippen molar-refractivity contribution in [2.75, 3.05) is 31.2 Å². The zero-order chi connectivity index (χ0) is 23.4. The van der Waals surface area contributed by atoms with Gasteiger partial charge in [-0.25, -0.2) is 4.39 Å². The number of fused-ring (bicyclic) bond motifs is 1. The summed E-state index contributed by atoms with van der Waals surface area (Å²) in [4.78, 5) is 38.7. The van der Waals surface area contributed by atoms with Gasteiger partial charge in [-0.3, -0.25) is 14.4 Å². The number of rotatable bonds is 10. The molecule has 33 heavy (non-hydrogen) atoms. The molecule has 2 aromatic rings. The summed E-state index contributed by atoms with van der Waals surface area (Å²) in [6.45, 7) is 0.653. The highest BCUT2D eigenvalue weighted by Gasteiger charge is 2.27. The average molecular weight is 475 g/mol. The lowest BCUT2D eigenvalue weighted by Crippen LogP contribution is -2.40. The van der Waals surface area contributed by atoms with E-state index in [0.29, 0.717) is 42.3 Å². The SMILES string of the molecule is O=C(CCCN1C(=O)COc2ccc(C(=O)COc3ccc(F)cc3Cl)cc21)NCC1CC1. The van der Waals surface area contributed by atoms with Crippen molar-refractivity contribution in [1.29, 1.82) is 0 Å². The molecule has 0 unspecified atom stereocenters. The van der Waals surface area contributed by atoms with Crippen LogP contribution in [0.1, 0.15) is 36.0 Å². The predicted molar refractivity (Wildman–Crippen MR) is 120 cm³/mol. The lowest BCUT2D eigenvalue weighted by molar-refractivity contribution is -0.122. The van der Waals surface area contributed by atoms with E-state index in [1.54, 1.807) is 23.1 Å². The van der Waals surface area contributed by atoms with Crippen molar-refractivity contribution in [3.05, 3.63) is 52.8 Å². The summed E-state index contributed by atoms with van der Waals surface area (Å²) in [5.74, 6) is 0.203. The van der Waals surface area contributed by atoms with Crippen molar-refractivity contribution in [3.8, 4) is 11.5 Å². The molecule has 2 aromatic carbocycles. The third kappa shape index (κ3) is 6.01. The molecule has 174 valence electrons. The summed E-state index contributed by atoms with van der Waals surface area (Å²) >= 11 is 5.93. The summed E-state index contributed by atoms with van der Waals surface area (Å²) in [5, 5.41) is 2.98. The number of nitrogens with zero attached hydrogens (tertiary/aromatic N) is 1. The van der Waals surface area contributed by atoms with Crippen molar-refractivity contribution in [3.63, 3.8) is 0 Å². The van der Waals surface area contributed by atoms with Crippen LogP contribution in [-0.2, 0) is 9.59 Å². The first-order chi connectivity index (χ1) is 15.9. The van der Waals surface area contributed by atoms with E-state index in [-0.39, 0.29) is 41.6 Å². The van der Waals surface area contributed by atoms with Gasteiger partial charge in [0.2, 0.25) is 5.91 Å². The van der Waals surface area contributed by atoms with Crippen LogP contribution in [0.4, 0.5) is 10.1 Å². The summed E-state index contributed by atoms with van der Waals surface area (Å²) in [6, 6.07) is 8.46. The minimum atomic E-state index is -0.501. The van der Waals surface area contributed by atoms with Crippen LogP contribution < -0.4 is 19.7 Å². The van der Waals surface area contributed by atoms with Crippen molar-refractivity contribution in [2.24, 2.45) is 5.92 Å². The minimum absolute atomic E-state index is 0.0247. The van der Waals surface area contributed by atoms with E-state index in [0.717, 1.165) is 12.6 Å². The Balaban J connectivity index is 1.38. The Kier molecular flexibility index (Phi) is 7.13. The molecule has 0 atom stereocenters. The number of ether oxygens (including phenoxy) is 2. The number of nitrogens with one attached hydrogen (secondary N) is 1. The Bertz CT molecular complexity index is 1070. The smallest absolute Gasteiger partial charge is 0.265 e. The lowest BCUT2D eigenvalue weighted by atomic mass is 10.1. The largest absolute Gasteiger partial charge is 0.484 e. The van der Waals surface area contributed by atoms with Crippen molar-refractivity contribution in [1.82, 2.24) is 5.32 Å². The van der Waals surface area contributed by atoms with E-state index in [4.69, 9.17) is 21.1 Å². The first-order valence-corrected chi connectivity index (χ1v) is 11.2. The van der Waals surface area contributed by atoms with Gasteiger partial charge in [-0.2, -0.15) is 0 Å². The Morgan fingerprint density at radius 3 is 2.79 bits per heavy atom. The Morgan fingerprint density at radius 2 is 2.03 bits per heavy atom. The number of carbonyl (C=O) groups excluding carboxylic acids is 3. The maximum atomic E-state index is 13.2. The van der Waals surface area contributed by atoms with Crippen molar-refractivity contribution >= 4 is 34.9 Å². The molecule has 1 aliphatic heterocycles. The maximum Gasteiger partial charge on any atom is 0.265 e. The molecule has 0 radical (unpaired) electrons. The van der Waals surface area contributed by atoms with Gasteiger partial charge in [0.1, 0.15) is 17.3 Å². The van der Waals surface area contributed by atoms with Crippen LogP contribution in [0, 0.1) is 11.7 Å². The molecule has 2 amide bonds. The highest BCUT2D eigenvalue weighted by atomic mass is 35.5. The monoisotopic (exact) mass is 474 g/mol. The fraction of sp³-hybridized carbons (Fsp3) is 0.375. The molecule has 0 bridgehead atoms. The fourth-order valence-electron chi connectivity index (χ4n) is 3.51. The Labute approximate surface area is 195 Å². The highest BCUT2D eigenvalue weighted by Crippen LogP contribution is 2.34. The normalized spacial score (nSPS) is 15.0. The van der Waals surface area contributed by atoms with Gasteiger partial charge in [0.25, 0.3) is 5.91 Å². The number of benzene rings is 2. The van der Waals surface area contributed by atoms with E-state index in [9.17, 15) is 18.8 Å². The minimum Gasteiger partial charge on any atom is -0.484 e. The molecule has 0 spiro atoms. The molecule has 1 fully saturated rings. The number of Topliss-reactive ketones (excluding diaryl/α,β-unsaturated/α-hetero) is 1. The quantitative estimate of drug-likeness (QED) is 0.530. The number of ketones is 1. The van der Waals surface area contributed by atoms with Gasteiger partial charge in [0.15, 0.2) is 19.0 Å². The van der Waals surface area contributed by atoms with Crippen molar-refractivity contribution in [2.45, 2.75) is 25.7 Å². The molecular weight excluding hydrogens is 451 g/mol. The zero-order valence-corrected chi connectivity index (χ0v) is 18.7. The first kappa shape index (κ1) is 23.0. The summed E-state index contributed by atoms with van der Waals surface area (Å²) in [6.07, 6.45) is 3.15. The maximum absolute atomic E-state index is 13.2. The second-order valence-electron chi connectivity index (χ2n) is 8.15. The molecule has 0 saturated heterocycles. The van der Waals surface area contributed by atoms with Crippen LogP contribution in [0.15, 0.2) is 36.4 Å². The molecular formula is C24H24ClFN2O5. The lowest BCUT2D eigenvalue weighted by Gasteiger charge is -2.29. The molecule has 4 rings (SSSR count). The molecule has 2 aliphatic rings. The summed E-state index contributed by atoms with van der Waals surface area (Å²) < 4.78 is 24.1. The van der Waals surface area contributed by atoms with Gasteiger partial charge in [0.05, 0.1) is 10.7 Å². The number of hydrogen-bond donors (Lipinski definition) is 1. The highest BCUT2D eigenvalue weighted by molar-refractivity contribution is 6.32. The van der Waals surface area contributed by atoms with E-state index in [2.05, 4.69) is 5.32 Å². The molecule has 1 aliphatic carbocycles. The third-order valence-electron chi connectivity index (χ3n) is 5.55. The summed E-state index contributed by atoms with van der Waals surface area (Å²) in [7, 11) is 0. The molecule has 7 nitrogen and oxygen atoms in total. The van der Waals surface area contributed by atoms with Crippen LogP contribution in [0.25, 0.3) is 0 Å². The number of hydrogen-bond acceptors (Lipinski definition) is 5. The first-order valence-electron chi connectivity index (χ1n) is 10.9. The van der Waals surface area contributed by atoms with E-state index >= 15 is 0 Å². The van der Waals surface area contributed by atoms with Crippen LogP contribution in [0.5, 0.6) is 11.5 Å². The van der Waals surface area contributed by atoms with E-state index < -0.39 is 5.82 Å². The summed E-state index contributed by atoms with van der Waals surface area (Å²) in [5.41, 5.74) is 0.813. The number of carbonyl (C=O) groups is 3. The number of amides is 2. The Hall–Kier alpha value is -3.13. The van der Waals surface area contributed by atoms with Gasteiger partial charge >= 0.3 is 0 Å². The molecule has 1 heterocycles. The standard InChI is InChI=1S/C24H24ClFN2O5/c25-18-11-17(26)6-8-21(18)32-13-20(29)16-5-7-22-19(10-16)28(24(31)14-33-22)9-1-2-23(30)27-12-15-3-4-15/h5-8,10-11,15H,1-4,9,12-14H2,(H,27,30). The van der Waals surface area contributed by atoms with Gasteiger partial charge < -0.3 is 19.7 Å². The van der Waals surface area contributed by atoms with Crippen LogP contribution in [0.3, 0.4) is 0 Å². The third-order valence-corrected chi connectivity index (χ3v) is 5.84. The van der Waals surface area contributed by atoms with Crippen LogP contribution >= 0.6 is 11.6 Å². The van der Waals surface area contributed by atoms with E-state index in [1.165, 1.54) is 25.0 Å². The van der Waals surface area contributed by atoms with Gasteiger partial charge in [0, 0.05) is 25.1 Å². The zero-order valence-electron chi connectivity index (χ0n) is 17.9. The number of halogens is 2. The Morgan fingerprint density at radius 1 is 1.21 bits per heavy atom. The molecule has 9 heteroatoms. The van der Waals surface area contributed by atoms with Crippen molar-refractivity contribution < 1.29 is 28.2 Å². The number of anilines is 1. The molecule has 1 saturated carbocycles. The second-order valence-corrected chi connectivity index (χ2v) is 8.56. The van der Waals surface area contributed by atoms with E-state index in [1.807, 2.05) is 0 Å². The molecule has 1 N–H and O–H groups in total. The average Bonchev–Trinajstić information content (AvgIpc) is 3.62. The van der Waals surface area contributed by atoms with Gasteiger partial charge in [-0.1, -0.05) is 11.6 Å². The predicted octanol–water partition coefficient (Wildman–Crippen LogP) is 3.77. The van der Waals surface area contributed by atoms with Crippen LogP contribution in [0.2, 0.25) is 5.02 Å².